The molecule has 0 aliphatic carbocycles. The molecule has 0 amide bonds. The maximum Gasteiger partial charge on any atom is 0.166 e. The van der Waals surface area contributed by atoms with Crippen LogP contribution in [0.3, 0.4) is 0 Å². The van der Waals surface area contributed by atoms with E-state index in [0.29, 0.717) is 13.2 Å². The van der Waals surface area contributed by atoms with Gasteiger partial charge in [-0.05, 0) is 25.3 Å². The van der Waals surface area contributed by atoms with Crippen molar-refractivity contribution in [3.63, 3.8) is 0 Å². The molecule has 14 heavy (non-hydrogen) atoms. The van der Waals surface area contributed by atoms with Gasteiger partial charge in [-0.3, -0.25) is 0 Å². The SMILES string of the molecule is CC(C)(C)CC1(C)OCC(CCN)O1. The standard InChI is InChI=1S/C11H23NO2/c1-10(2,3)8-11(4)13-7-9(14-11)5-6-12/h9H,5-8,12H2,1-4H3. The quantitative estimate of drug-likeness (QED) is 0.758. The van der Waals surface area contributed by atoms with E-state index in [4.69, 9.17) is 15.2 Å². The van der Waals surface area contributed by atoms with E-state index in [9.17, 15) is 0 Å². The number of nitrogens with two attached hydrogens (primary N) is 1. The molecule has 0 aromatic rings. The van der Waals surface area contributed by atoms with Crippen LogP contribution in [0.4, 0.5) is 0 Å². The number of hydrogen-bond donors (Lipinski definition) is 1. The van der Waals surface area contributed by atoms with E-state index < -0.39 is 5.79 Å². The molecule has 0 spiro atoms. The Morgan fingerprint density at radius 2 is 2.07 bits per heavy atom. The third-order valence-electron chi connectivity index (χ3n) is 2.33. The summed E-state index contributed by atoms with van der Waals surface area (Å²) in [4.78, 5) is 0. The molecule has 3 heteroatoms. The first kappa shape index (κ1) is 12.0. The second-order valence-corrected chi connectivity index (χ2v) is 5.50. The van der Waals surface area contributed by atoms with Gasteiger partial charge < -0.3 is 15.2 Å². The molecule has 0 saturated carbocycles. The van der Waals surface area contributed by atoms with Crippen molar-refractivity contribution in [2.75, 3.05) is 13.2 Å². The van der Waals surface area contributed by atoms with Gasteiger partial charge in [0, 0.05) is 6.42 Å². The lowest BCUT2D eigenvalue weighted by atomic mass is 9.88. The Labute approximate surface area is 86.9 Å². The van der Waals surface area contributed by atoms with E-state index in [1.165, 1.54) is 0 Å². The second-order valence-electron chi connectivity index (χ2n) is 5.50. The van der Waals surface area contributed by atoms with Gasteiger partial charge >= 0.3 is 0 Å². The van der Waals surface area contributed by atoms with Gasteiger partial charge in [0.15, 0.2) is 5.79 Å². The van der Waals surface area contributed by atoms with Gasteiger partial charge in [0.1, 0.15) is 0 Å². The molecule has 0 bridgehead atoms. The van der Waals surface area contributed by atoms with E-state index >= 15 is 0 Å². The van der Waals surface area contributed by atoms with Crippen LogP contribution < -0.4 is 5.73 Å². The van der Waals surface area contributed by atoms with Crippen molar-refractivity contribution in [3.05, 3.63) is 0 Å². The summed E-state index contributed by atoms with van der Waals surface area (Å²) < 4.78 is 11.6. The lowest BCUT2D eigenvalue weighted by Crippen LogP contribution is -2.32. The van der Waals surface area contributed by atoms with Crippen LogP contribution in [0.1, 0.15) is 40.5 Å². The summed E-state index contributed by atoms with van der Waals surface area (Å²) in [7, 11) is 0. The molecule has 1 aliphatic rings. The summed E-state index contributed by atoms with van der Waals surface area (Å²) in [6.45, 7) is 9.96. The first-order valence-corrected chi connectivity index (χ1v) is 5.36. The summed E-state index contributed by atoms with van der Waals surface area (Å²) in [6, 6.07) is 0. The Kier molecular flexibility index (Phi) is 3.56. The smallest absolute Gasteiger partial charge is 0.166 e. The minimum absolute atomic E-state index is 0.187. The minimum atomic E-state index is -0.405. The van der Waals surface area contributed by atoms with Gasteiger partial charge in [-0.1, -0.05) is 20.8 Å². The minimum Gasteiger partial charge on any atom is -0.347 e. The maximum absolute atomic E-state index is 5.86. The molecule has 0 radical (unpaired) electrons. The molecule has 1 fully saturated rings. The van der Waals surface area contributed by atoms with Crippen LogP contribution in [0.2, 0.25) is 0 Å². The molecule has 2 unspecified atom stereocenters. The molecular formula is C11H23NO2. The molecule has 1 aliphatic heterocycles. The lowest BCUT2D eigenvalue weighted by Gasteiger charge is -2.30. The molecule has 0 aromatic heterocycles. The Bertz CT molecular complexity index is 188. The van der Waals surface area contributed by atoms with Crippen molar-refractivity contribution in [2.45, 2.75) is 52.4 Å². The third-order valence-corrected chi connectivity index (χ3v) is 2.33. The van der Waals surface area contributed by atoms with Crippen molar-refractivity contribution in [2.24, 2.45) is 11.1 Å². The summed E-state index contributed by atoms with van der Waals surface area (Å²) >= 11 is 0. The largest absolute Gasteiger partial charge is 0.347 e. The highest BCUT2D eigenvalue weighted by Gasteiger charge is 2.39. The molecule has 0 aromatic carbocycles. The van der Waals surface area contributed by atoms with Crippen molar-refractivity contribution in [1.29, 1.82) is 0 Å². The zero-order valence-corrected chi connectivity index (χ0v) is 9.80. The Hall–Kier alpha value is -0.120. The van der Waals surface area contributed by atoms with Gasteiger partial charge in [0.25, 0.3) is 0 Å². The molecule has 84 valence electrons. The average Bonchev–Trinajstić information content (AvgIpc) is 2.28. The van der Waals surface area contributed by atoms with Gasteiger partial charge in [0.05, 0.1) is 12.7 Å². The summed E-state index contributed by atoms with van der Waals surface area (Å²) in [6.07, 6.45) is 1.99. The molecule has 2 atom stereocenters. The van der Waals surface area contributed by atoms with Gasteiger partial charge in [-0.25, -0.2) is 0 Å². The van der Waals surface area contributed by atoms with Gasteiger partial charge in [-0.2, -0.15) is 0 Å². The average molecular weight is 201 g/mol. The van der Waals surface area contributed by atoms with Crippen LogP contribution in [-0.2, 0) is 9.47 Å². The molecule has 1 rings (SSSR count). The van der Waals surface area contributed by atoms with Crippen LogP contribution in [0.15, 0.2) is 0 Å². The number of ether oxygens (including phenoxy) is 2. The Balaban J connectivity index is 2.45. The van der Waals surface area contributed by atoms with E-state index in [1.54, 1.807) is 0 Å². The van der Waals surface area contributed by atoms with Crippen molar-refractivity contribution < 1.29 is 9.47 Å². The highest BCUT2D eigenvalue weighted by atomic mass is 16.7. The monoisotopic (exact) mass is 201 g/mol. The van der Waals surface area contributed by atoms with Crippen LogP contribution in [0, 0.1) is 5.41 Å². The predicted molar refractivity (Wildman–Crippen MR) is 57.0 cm³/mol. The summed E-state index contributed by atoms with van der Waals surface area (Å²) in [5.41, 5.74) is 5.72. The topological polar surface area (TPSA) is 44.5 Å². The zero-order valence-electron chi connectivity index (χ0n) is 9.80. The first-order valence-electron chi connectivity index (χ1n) is 5.36. The molecule has 2 N–H and O–H groups in total. The highest BCUT2D eigenvalue weighted by molar-refractivity contribution is 4.80. The predicted octanol–water partition coefficient (Wildman–Crippen LogP) is 1.90. The van der Waals surface area contributed by atoms with Crippen LogP contribution in [-0.4, -0.2) is 25.0 Å². The van der Waals surface area contributed by atoms with E-state index in [0.717, 1.165) is 12.8 Å². The molecule has 3 nitrogen and oxygen atoms in total. The van der Waals surface area contributed by atoms with E-state index in [1.807, 2.05) is 6.92 Å². The van der Waals surface area contributed by atoms with Crippen molar-refractivity contribution in [1.82, 2.24) is 0 Å². The fourth-order valence-corrected chi connectivity index (χ4v) is 2.07. The van der Waals surface area contributed by atoms with Gasteiger partial charge in [-0.15, -0.1) is 0 Å². The highest BCUT2D eigenvalue weighted by Crippen LogP contribution is 2.35. The second kappa shape index (κ2) is 4.17. The zero-order chi connectivity index (χ0) is 10.8. The van der Waals surface area contributed by atoms with Crippen molar-refractivity contribution >= 4 is 0 Å². The number of hydrogen-bond acceptors (Lipinski definition) is 3. The maximum atomic E-state index is 5.86. The van der Waals surface area contributed by atoms with Crippen LogP contribution >= 0.6 is 0 Å². The Morgan fingerprint density at radius 1 is 1.43 bits per heavy atom. The fourth-order valence-electron chi connectivity index (χ4n) is 2.07. The van der Waals surface area contributed by atoms with E-state index in [-0.39, 0.29) is 11.5 Å². The first-order chi connectivity index (χ1) is 6.35. The summed E-state index contributed by atoms with van der Waals surface area (Å²) in [5.74, 6) is -0.405. The normalized spacial score (nSPS) is 33.6. The van der Waals surface area contributed by atoms with Gasteiger partial charge in [0.2, 0.25) is 0 Å². The lowest BCUT2D eigenvalue weighted by molar-refractivity contribution is -0.172. The fraction of sp³-hybridized carbons (Fsp3) is 1.00. The Morgan fingerprint density at radius 3 is 2.57 bits per heavy atom. The molecule has 1 heterocycles. The molecular weight excluding hydrogens is 178 g/mol. The molecule has 1 saturated heterocycles. The van der Waals surface area contributed by atoms with E-state index in [2.05, 4.69) is 20.8 Å². The van der Waals surface area contributed by atoms with Crippen LogP contribution in [0.5, 0.6) is 0 Å². The summed E-state index contributed by atoms with van der Waals surface area (Å²) in [5, 5.41) is 0. The number of rotatable bonds is 3. The van der Waals surface area contributed by atoms with Crippen LogP contribution in [0.25, 0.3) is 0 Å². The van der Waals surface area contributed by atoms with Crippen molar-refractivity contribution in [3.8, 4) is 0 Å². The third kappa shape index (κ3) is 3.56.